The molecule has 24 heavy (non-hydrogen) atoms. The van der Waals surface area contributed by atoms with Crippen molar-refractivity contribution in [2.45, 2.75) is 20.0 Å². The largest absolute Gasteiger partial charge is 0.418 e. The van der Waals surface area contributed by atoms with Gasteiger partial charge in [-0.25, -0.2) is 9.97 Å². The first-order valence-corrected chi connectivity index (χ1v) is 7.31. The number of rotatable bonds is 5. The van der Waals surface area contributed by atoms with E-state index < -0.39 is 11.7 Å². The molecule has 5 nitrogen and oxygen atoms in total. The van der Waals surface area contributed by atoms with Crippen molar-refractivity contribution in [3.8, 4) is 0 Å². The van der Waals surface area contributed by atoms with Crippen molar-refractivity contribution in [1.29, 1.82) is 0 Å². The Morgan fingerprint density at radius 1 is 1.17 bits per heavy atom. The summed E-state index contributed by atoms with van der Waals surface area (Å²) < 4.78 is 38.8. The molecule has 0 spiro atoms. The van der Waals surface area contributed by atoms with Crippen LogP contribution in [0.3, 0.4) is 0 Å². The Labute approximate surface area is 137 Å². The van der Waals surface area contributed by atoms with Gasteiger partial charge in [0, 0.05) is 18.9 Å². The SMILES string of the molecule is CC(C)CNC(=O)c1cnc(Nc2ccccc2C(F)(F)F)nc1. The molecule has 128 valence electrons. The van der Waals surface area contributed by atoms with Crippen molar-refractivity contribution < 1.29 is 18.0 Å². The Morgan fingerprint density at radius 3 is 2.38 bits per heavy atom. The van der Waals surface area contributed by atoms with Gasteiger partial charge in [0.1, 0.15) is 0 Å². The molecular formula is C16H17F3N4O. The molecule has 1 aromatic heterocycles. The third kappa shape index (κ3) is 4.68. The van der Waals surface area contributed by atoms with Gasteiger partial charge in [0.05, 0.1) is 16.8 Å². The number of anilines is 2. The number of nitrogens with one attached hydrogen (secondary N) is 2. The summed E-state index contributed by atoms with van der Waals surface area (Å²) in [5.41, 5.74) is -0.723. The van der Waals surface area contributed by atoms with Crippen LogP contribution in [0.5, 0.6) is 0 Å². The summed E-state index contributed by atoms with van der Waals surface area (Å²) in [6, 6.07) is 5.04. The van der Waals surface area contributed by atoms with Crippen LogP contribution in [-0.4, -0.2) is 22.4 Å². The van der Waals surface area contributed by atoms with E-state index in [0.717, 1.165) is 6.07 Å². The quantitative estimate of drug-likeness (QED) is 0.874. The Morgan fingerprint density at radius 2 is 1.79 bits per heavy atom. The summed E-state index contributed by atoms with van der Waals surface area (Å²) in [5, 5.41) is 5.23. The molecule has 0 unspecified atom stereocenters. The Bertz CT molecular complexity index is 699. The number of benzene rings is 1. The van der Waals surface area contributed by atoms with E-state index in [-0.39, 0.29) is 23.1 Å². The minimum absolute atomic E-state index is 0.0212. The molecule has 0 aliphatic rings. The maximum atomic E-state index is 12.9. The Kier molecular flexibility index (Phi) is 5.38. The normalized spacial score (nSPS) is 11.4. The van der Waals surface area contributed by atoms with Gasteiger partial charge < -0.3 is 10.6 Å². The van der Waals surface area contributed by atoms with Crippen molar-refractivity contribution in [3.05, 3.63) is 47.8 Å². The average Bonchev–Trinajstić information content (AvgIpc) is 2.53. The van der Waals surface area contributed by atoms with Crippen LogP contribution < -0.4 is 10.6 Å². The summed E-state index contributed by atoms with van der Waals surface area (Å²) in [4.78, 5) is 19.6. The lowest BCUT2D eigenvalue weighted by Gasteiger charge is -2.13. The number of carbonyl (C=O) groups excluding carboxylic acids is 1. The molecule has 2 rings (SSSR count). The molecular weight excluding hydrogens is 321 g/mol. The van der Waals surface area contributed by atoms with Gasteiger partial charge in [-0.05, 0) is 18.1 Å². The Hall–Kier alpha value is -2.64. The second-order valence-electron chi connectivity index (χ2n) is 5.57. The number of para-hydroxylation sites is 1. The second-order valence-corrected chi connectivity index (χ2v) is 5.57. The van der Waals surface area contributed by atoms with E-state index >= 15 is 0 Å². The molecule has 0 bridgehead atoms. The van der Waals surface area contributed by atoms with Crippen LogP contribution in [-0.2, 0) is 6.18 Å². The zero-order valence-corrected chi connectivity index (χ0v) is 13.2. The number of hydrogen-bond acceptors (Lipinski definition) is 4. The summed E-state index contributed by atoms with van der Waals surface area (Å²) in [5.74, 6) is -0.0484. The maximum Gasteiger partial charge on any atom is 0.418 e. The number of nitrogens with zero attached hydrogens (tertiary/aromatic N) is 2. The van der Waals surface area contributed by atoms with Gasteiger partial charge in [-0.2, -0.15) is 13.2 Å². The standard InChI is InChI=1S/C16H17F3N4O/c1-10(2)7-20-14(24)11-8-21-15(22-9-11)23-13-6-4-3-5-12(13)16(17,18)19/h3-6,8-10H,7H2,1-2H3,(H,20,24)(H,21,22,23). The molecule has 0 atom stereocenters. The van der Waals surface area contributed by atoms with Gasteiger partial charge in [-0.1, -0.05) is 26.0 Å². The highest BCUT2D eigenvalue weighted by Gasteiger charge is 2.33. The zero-order chi connectivity index (χ0) is 17.7. The third-order valence-corrected chi connectivity index (χ3v) is 3.06. The van der Waals surface area contributed by atoms with E-state index in [4.69, 9.17) is 0 Å². The molecule has 0 aliphatic carbocycles. The van der Waals surface area contributed by atoms with E-state index in [1.54, 1.807) is 0 Å². The first-order valence-electron chi connectivity index (χ1n) is 7.31. The predicted molar refractivity (Wildman–Crippen MR) is 83.9 cm³/mol. The molecule has 0 aliphatic heterocycles. The number of carbonyl (C=O) groups is 1. The molecule has 0 radical (unpaired) electrons. The summed E-state index contributed by atoms with van der Waals surface area (Å²) in [7, 11) is 0. The van der Waals surface area contributed by atoms with Crippen molar-refractivity contribution in [3.63, 3.8) is 0 Å². The monoisotopic (exact) mass is 338 g/mol. The van der Waals surface area contributed by atoms with Gasteiger partial charge in [0.25, 0.3) is 5.91 Å². The average molecular weight is 338 g/mol. The molecule has 8 heteroatoms. The van der Waals surface area contributed by atoms with Gasteiger partial charge >= 0.3 is 6.18 Å². The minimum Gasteiger partial charge on any atom is -0.352 e. The van der Waals surface area contributed by atoms with E-state index in [0.29, 0.717) is 12.5 Å². The van der Waals surface area contributed by atoms with Crippen LogP contribution in [0.4, 0.5) is 24.8 Å². The predicted octanol–water partition coefficient (Wildman–Crippen LogP) is 3.62. The van der Waals surface area contributed by atoms with E-state index in [2.05, 4.69) is 20.6 Å². The highest BCUT2D eigenvalue weighted by molar-refractivity contribution is 5.93. The van der Waals surface area contributed by atoms with Crippen LogP contribution in [0.15, 0.2) is 36.7 Å². The molecule has 0 saturated carbocycles. The van der Waals surface area contributed by atoms with Crippen molar-refractivity contribution in [2.24, 2.45) is 5.92 Å². The number of alkyl halides is 3. The Balaban J connectivity index is 2.12. The molecule has 2 N–H and O–H groups in total. The molecule has 1 aromatic carbocycles. The molecule has 0 fully saturated rings. The number of hydrogen-bond donors (Lipinski definition) is 2. The summed E-state index contributed by atoms with van der Waals surface area (Å²) in [6.45, 7) is 4.43. The van der Waals surface area contributed by atoms with Gasteiger partial charge in [0.15, 0.2) is 0 Å². The number of amides is 1. The molecule has 2 aromatic rings. The van der Waals surface area contributed by atoms with Gasteiger partial charge in [0.2, 0.25) is 5.95 Å². The second kappa shape index (κ2) is 7.29. The fourth-order valence-corrected chi connectivity index (χ4v) is 1.87. The molecule has 1 amide bonds. The first kappa shape index (κ1) is 17.7. The number of halogens is 3. The highest BCUT2D eigenvalue weighted by atomic mass is 19.4. The maximum absolute atomic E-state index is 12.9. The molecule has 0 saturated heterocycles. The highest BCUT2D eigenvalue weighted by Crippen LogP contribution is 2.35. The lowest BCUT2D eigenvalue weighted by atomic mass is 10.1. The summed E-state index contributed by atoms with van der Waals surface area (Å²) >= 11 is 0. The van der Waals surface area contributed by atoms with Crippen molar-refractivity contribution >= 4 is 17.5 Å². The lowest BCUT2D eigenvalue weighted by molar-refractivity contribution is -0.136. The van der Waals surface area contributed by atoms with Crippen LogP contribution in [0.2, 0.25) is 0 Å². The first-order chi connectivity index (χ1) is 11.3. The van der Waals surface area contributed by atoms with Crippen LogP contribution in [0.25, 0.3) is 0 Å². The topological polar surface area (TPSA) is 66.9 Å². The molecule has 1 heterocycles. The van der Waals surface area contributed by atoms with Gasteiger partial charge in [-0.3, -0.25) is 4.79 Å². The van der Waals surface area contributed by atoms with E-state index in [9.17, 15) is 18.0 Å². The smallest absolute Gasteiger partial charge is 0.352 e. The van der Waals surface area contributed by atoms with Crippen molar-refractivity contribution in [2.75, 3.05) is 11.9 Å². The minimum atomic E-state index is -4.49. The number of aromatic nitrogens is 2. The summed E-state index contributed by atoms with van der Waals surface area (Å²) in [6.07, 6.45) is -1.96. The van der Waals surface area contributed by atoms with Crippen LogP contribution in [0, 0.1) is 5.92 Å². The lowest BCUT2D eigenvalue weighted by Crippen LogP contribution is -2.27. The zero-order valence-electron chi connectivity index (χ0n) is 13.2. The van der Waals surface area contributed by atoms with Gasteiger partial charge in [-0.15, -0.1) is 0 Å². The van der Waals surface area contributed by atoms with Crippen LogP contribution in [0.1, 0.15) is 29.8 Å². The van der Waals surface area contributed by atoms with Crippen molar-refractivity contribution in [1.82, 2.24) is 15.3 Å². The van der Waals surface area contributed by atoms with E-state index in [1.165, 1.54) is 30.6 Å². The van der Waals surface area contributed by atoms with Crippen LogP contribution >= 0.6 is 0 Å². The fourth-order valence-electron chi connectivity index (χ4n) is 1.87. The third-order valence-electron chi connectivity index (χ3n) is 3.06. The van der Waals surface area contributed by atoms with E-state index in [1.807, 2.05) is 13.8 Å². The fraction of sp³-hybridized carbons (Fsp3) is 0.312.